The third-order valence-corrected chi connectivity index (χ3v) is 3.47. The molecule has 0 fully saturated rings. The first kappa shape index (κ1) is 14.7. The number of benzene rings is 1. The average molecular weight is 270 g/mol. The summed E-state index contributed by atoms with van der Waals surface area (Å²) in [4.78, 5) is 11.5. The molecule has 2 N–H and O–H groups in total. The van der Waals surface area contributed by atoms with Crippen molar-refractivity contribution < 1.29 is 13.2 Å². The number of hydrogen-bond donors (Lipinski definition) is 2. The summed E-state index contributed by atoms with van der Waals surface area (Å²) in [6.07, 6.45) is 1.18. The van der Waals surface area contributed by atoms with Crippen LogP contribution in [0.1, 0.15) is 12.5 Å². The molecule has 1 rings (SSSR count). The second kappa shape index (κ2) is 6.51. The van der Waals surface area contributed by atoms with Gasteiger partial charge in [0.15, 0.2) is 9.84 Å². The predicted molar refractivity (Wildman–Crippen MR) is 69.9 cm³/mol. The lowest BCUT2D eigenvalue weighted by Crippen LogP contribution is -2.33. The van der Waals surface area contributed by atoms with Gasteiger partial charge in [-0.25, -0.2) is 8.42 Å². The maximum Gasteiger partial charge on any atom is 0.233 e. The largest absolute Gasteiger partial charge is 0.355 e. The van der Waals surface area contributed by atoms with Crippen LogP contribution in [0.2, 0.25) is 0 Å². The van der Waals surface area contributed by atoms with Crippen LogP contribution < -0.4 is 10.6 Å². The van der Waals surface area contributed by atoms with E-state index in [-0.39, 0.29) is 12.5 Å². The van der Waals surface area contributed by atoms with E-state index in [4.69, 9.17) is 0 Å². The number of sulfone groups is 1. The van der Waals surface area contributed by atoms with Gasteiger partial charge in [0.2, 0.25) is 5.91 Å². The van der Waals surface area contributed by atoms with Crippen molar-refractivity contribution >= 4 is 15.7 Å². The molecule has 0 heterocycles. The van der Waals surface area contributed by atoms with Crippen LogP contribution >= 0.6 is 0 Å². The van der Waals surface area contributed by atoms with E-state index in [0.717, 1.165) is 5.56 Å². The average Bonchev–Trinajstić information content (AvgIpc) is 2.29. The van der Waals surface area contributed by atoms with Crippen molar-refractivity contribution in [3.63, 3.8) is 0 Å². The highest BCUT2D eigenvalue weighted by molar-refractivity contribution is 7.90. The van der Waals surface area contributed by atoms with Crippen LogP contribution in [0.25, 0.3) is 0 Å². The molecule has 0 atom stereocenters. The molecule has 0 aliphatic heterocycles. The highest BCUT2D eigenvalue weighted by atomic mass is 32.2. The van der Waals surface area contributed by atoms with Gasteiger partial charge in [-0.1, -0.05) is 12.1 Å². The Hall–Kier alpha value is -1.40. The zero-order chi connectivity index (χ0) is 13.6. The quantitative estimate of drug-likeness (QED) is 0.780. The maximum atomic E-state index is 11.3. The van der Waals surface area contributed by atoms with Gasteiger partial charge < -0.3 is 10.6 Å². The summed E-state index contributed by atoms with van der Waals surface area (Å²) in [6, 6.07) is 6.61. The van der Waals surface area contributed by atoms with Crippen LogP contribution in [0.5, 0.6) is 0 Å². The van der Waals surface area contributed by atoms with Crippen molar-refractivity contribution in [3.05, 3.63) is 29.8 Å². The van der Waals surface area contributed by atoms with E-state index in [2.05, 4.69) is 10.6 Å². The number of rotatable bonds is 6. The lowest BCUT2D eigenvalue weighted by Gasteiger charge is -2.05. The molecule has 0 bridgehead atoms. The Bertz CT molecular complexity index is 495. The summed E-state index contributed by atoms with van der Waals surface area (Å²) < 4.78 is 22.5. The first-order valence-electron chi connectivity index (χ1n) is 5.70. The number of likely N-dealkylation sites (N-methyl/N-ethyl adjacent to an activating group) is 1. The van der Waals surface area contributed by atoms with E-state index >= 15 is 0 Å². The molecule has 0 aromatic heterocycles. The van der Waals surface area contributed by atoms with E-state index in [9.17, 15) is 13.2 Å². The van der Waals surface area contributed by atoms with Gasteiger partial charge in [0.05, 0.1) is 11.4 Å². The second-order valence-corrected chi connectivity index (χ2v) is 5.99. The zero-order valence-corrected chi connectivity index (χ0v) is 11.4. The van der Waals surface area contributed by atoms with Crippen LogP contribution in [0.15, 0.2) is 29.2 Å². The molecule has 0 saturated carbocycles. The molecule has 5 nitrogen and oxygen atoms in total. The fourth-order valence-corrected chi connectivity index (χ4v) is 2.07. The van der Waals surface area contributed by atoms with E-state index in [1.165, 1.54) is 6.26 Å². The topological polar surface area (TPSA) is 75.3 Å². The lowest BCUT2D eigenvalue weighted by atomic mass is 10.2. The summed E-state index contributed by atoms with van der Waals surface area (Å²) in [5, 5.41) is 5.66. The molecular formula is C12H18N2O3S. The minimum absolute atomic E-state index is 0.0507. The standard InChI is InChI=1S/C12H18N2O3S/c1-3-14-12(15)9-13-8-10-4-6-11(7-5-10)18(2,16)17/h4-7,13H,3,8-9H2,1-2H3,(H,14,15). The number of carbonyl (C=O) groups is 1. The molecular weight excluding hydrogens is 252 g/mol. The maximum absolute atomic E-state index is 11.3. The first-order chi connectivity index (χ1) is 8.43. The van der Waals surface area contributed by atoms with Gasteiger partial charge in [-0.15, -0.1) is 0 Å². The fraction of sp³-hybridized carbons (Fsp3) is 0.417. The molecule has 1 amide bonds. The third kappa shape index (κ3) is 4.85. The van der Waals surface area contributed by atoms with Crippen LogP contribution in [0.4, 0.5) is 0 Å². The van der Waals surface area contributed by atoms with Crippen molar-refractivity contribution in [2.45, 2.75) is 18.4 Å². The zero-order valence-electron chi connectivity index (χ0n) is 10.6. The molecule has 0 saturated heterocycles. The Morgan fingerprint density at radius 1 is 1.22 bits per heavy atom. The molecule has 0 spiro atoms. The van der Waals surface area contributed by atoms with Gasteiger partial charge in [-0.05, 0) is 24.6 Å². The summed E-state index contributed by atoms with van der Waals surface area (Å²) in [7, 11) is -3.15. The minimum atomic E-state index is -3.15. The van der Waals surface area contributed by atoms with E-state index < -0.39 is 9.84 Å². The molecule has 0 aliphatic rings. The first-order valence-corrected chi connectivity index (χ1v) is 7.59. The summed E-state index contributed by atoms with van der Waals surface area (Å²) in [6.45, 7) is 3.26. The van der Waals surface area contributed by atoms with Crippen molar-refractivity contribution in [2.24, 2.45) is 0 Å². The molecule has 6 heteroatoms. The second-order valence-electron chi connectivity index (χ2n) is 3.97. The molecule has 1 aromatic rings. The molecule has 18 heavy (non-hydrogen) atoms. The molecule has 0 radical (unpaired) electrons. The predicted octanol–water partition coefficient (Wildman–Crippen LogP) is 0.316. The highest BCUT2D eigenvalue weighted by Crippen LogP contribution is 2.09. The van der Waals surface area contributed by atoms with Gasteiger partial charge in [0.1, 0.15) is 0 Å². The number of amides is 1. The Morgan fingerprint density at radius 2 is 1.83 bits per heavy atom. The number of carbonyl (C=O) groups excluding carboxylic acids is 1. The van der Waals surface area contributed by atoms with Crippen LogP contribution in [0.3, 0.4) is 0 Å². The van der Waals surface area contributed by atoms with Crippen molar-refractivity contribution in [3.8, 4) is 0 Å². The van der Waals surface area contributed by atoms with Crippen LogP contribution in [-0.2, 0) is 21.2 Å². The van der Waals surface area contributed by atoms with Crippen molar-refractivity contribution in [2.75, 3.05) is 19.3 Å². The Morgan fingerprint density at radius 3 is 2.33 bits per heavy atom. The van der Waals surface area contributed by atoms with E-state index in [1.54, 1.807) is 24.3 Å². The summed E-state index contributed by atoms with van der Waals surface area (Å²) in [5.41, 5.74) is 0.937. The van der Waals surface area contributed by atoms with Gasteiger partial charge in [0, 0.05) is 19.3 Å². The van der Waals surface area contributed by atoms with Crippen LogP contribution in [0, 0.1) is 0 Å². The van der Waals surface area contributed by atoms with Crippen LogP contribution in [-0.4, -0.2) is 33.7 Å². The molecule has 0 aliphatic carbocycles. The van der Waals surface area contributed by atoms with Crippen molar-refractivity contribution in [1.82, 2.24) is 10.6 Å². The van der Waals surface area contributed by atoms with Gasteiger partial charge >= 0.3 is 0 Å². The highest BCUT2D eigenvalue weighted by Gasteiger charge is 2.06. The number of nitrogens with one attached hydrogen (secondary N) is 2. The van der Waals surface area contributed by atoms with Crippen molar-refractivity contribution in [1.29, 1.82) is 0 Å². The monoisotopic (exact) mass is 270 g/mol. The van der Waals surface area contributed by atoms with E-state index in [0.29, 0.717) is 18.0 Å². The molecule has 0 unspecified atom stereocenters. The van der Waals surface area contributed by atoms with Gasteiger partial charge in [0.25, 0.3) is 0 Å². The normalized spacial score (nSPS) is 11.2. The van der Waals surface area contributed by atoms with Gasteiger partial charge in [-0.3, -0.25) is 4.79 Å². The molecule has 100 valence electrons. The molecule has 1 aromatic carbocycles. The Labute approximate surface area is 108 Å². The minimum Gasteiger partial charge on any atom is -0.355 e. The fourth-order valence-electron chi connectivity index (χ4n) is 1.43. The van der Waals surface area contributed by atoms with E-state index in [1.807, 2.05) is 6.92 Å². The number of hydrogen-bond acceptors (Lipinski definition) is 4. The lowest BCUT2D eigenvalue weighted by molar-refractivity contribution is -0.120. The Kier molecular flexibility index (Phi) is 5.30. The third-order valence-electron chi connectivity index (χ3n) is 2.34. The summed E-state index contributed by atoms with van der Waals surface area (Å²) >= 11 is 0. The summed E-state index contributed by atoms with van der Waals surface area (Å²) in [5.74, 6) is -0.0507. The van der Waals surface area contributed by atoms with Gasteiger partial charge in [-0.2, -0.15) is 0 Å². The SMILES string of the molecule is CCNC(=O)CNCc1ccc(S(C)(=O)=O)cc1. The Balaban J connectivity index is 2.47. The smallest absolute Gasteiger partial charge is 0.233 e.